The number of phenolic OH excluding ortho intramolecular Hbond substituents is 1. The number of hydrogen-bond donors (Lipinski definition) is 2. The summed E-state index contributed by atoms with van der Waals surface area (Å²) in [6, 6.07) is 6.26. The molecule has 0 bridgehead atoms. The second-order valence-electron chi connectivity index (χ2n) is 5.19. The van der Waals surface area contributed by atoms with Gasteiger partial charge in [-0.2, -0.15) is 13.2 Å². The Kier molecular flexibility index (Phi) is 4.15. The number of rotatable bonds is 3. The first kappa shape index (κ1) is 16.9. The molecule has 0 fully saturated rings. The molecule has 0 spiro atoms. The summed E-state index contributed by atoms with van der Waals surface area (Å²) in [6.45, 7) is 1.14. The van der Waals surface area contributed by atoms with Gasteiger partial charge in [0, 0.05) is 16.8 Å². The standard InChI is InChI=1S/C16H15F4NO2/c1-15(17,12-8-10(22)4-6-14(12)23-2)11-5-3-9(7-13(11)21)16(18,19)20/h3-8,22H,21H2,1-2H3/t15-/m1/s1. The van der Waals surface area contributed by atoms with Gasteiger partial charge in [-0.1, -0.05) is 6.07 Å². The quantitative estimate of drug-likeness (QED) is 0.654. The molecule has 2 aromatic rings. The van der Waals surface area contributed by atoms with Crippen LogP contribution in [0.5, 0.6) is 11.5 Å². The lowest BCUT2D eigenvalue weighted by Crippen LogP contribution is -2.20. The summed E-state index contributed by atoms with van der Waals surface area (Å²) in [4.78, 5) is 0. The van der Waals surface area contributed by atoms with Gasteiger partial charge in [0.1, 0.15) is 11.5 Å². The van der Waals surface area contributed by atoms with Gasteiger partial charge in [-0.05, 0) is 37.3 Å². The number of aromatic hydroxyl groups is 1. The summed E-state index contributed by atoms with van der Waals surface area (Å²) in [6.07, 6.45) is -4.57. The van der Waals surface area contributed by atoms with Crippen LogP contribution < -0.4 is 10.5 Å². The van der Waals surface area contributed by atoms with Gasteiger partial charge in [0.2, 0.25) is 0 Å². The van der Waals surface area contributed by atoms with Crippen molar-refractivity contribution in [2.24, 2.45) is 0 Å². The molecule has 0 saturated carbocycles. The summed E-state index contributed by atoms with van der Waals surface area (Å²) in [5, 5.41) is 9.56. The van der Waals surface area contributed by atoms with Gasteiger partial charge in [-0.15, -0.1) is 0 Å². The molecule has 23 heavy (non-hydrogen) atoms. The lowest BCUT2D eigenvalue weighted by Gasteiger charge is -2.25. The van der Waals surface area contributed by atoms with Crippen LogP contribution in [-0.2, 0) is 11.8 Å². The Morgan fingerprint density at radius 3 is 2.17 bits per heavy atom. The molecule has 124 valence electrons. The SMILES string of the molecule is COc1ccc(O)cc1[C@](C)(F)c1ccc(C(F)(F)F)cc1N. The number of phenols is 1. The topological polar surface area (TPSA) is 55.5 Å². The van der Waals surface area contributed by atoms with E-state index in [9.17, 15) is 18.3 Å². The molecule has 3 N–H and O–H groups in total. The van der Waals surface area contributed by atoms with Crippen LogP contribution >= 0.6 is 0 Å². The van der Waals surface area contributed by atoms with E-state index in [4.69, 9.17) is 10.5 Å². The van der Waals surface area contributed by atoms with Crippen LogP contribution in [0.1, 0.15) is 23.6 Å². The highest BCUT2D eigenvalue weighted by molar-refractivity contribution is 5.58. The average molecular weight is 329 g/mol. The summed E-state index contributed by atoms with van der Waals surface area (Å²) in [5.74, 6) is -0.0535. The van der Waals surface area contributed by atoms with Crippen molar-refractivity contribution < 1.29 is 27.4 Å². The third-order valence-electron chi connectivity index (χ3n) is 3.57. The fraction of sp³-hybridized carbons (Fsp3) is 0.250. The fourth-order valence-electron chi connectivity index (χ4n) is 2.37. The van der Waals surface area contributed by atoms with Crippen molar-refractivity contribution in [1.29, 1.82) is 0 Å². The van der Waals surface area contributed by atoms with Crippen molar-refractivity contribution >= 4 is 5.69 Å². The van der Waals surface area contributed by atoms with Gasteiger partial charge in [-0.25, -0.2) is 4.39 Å². The van der Waals surface area contributed by atoms with Crippen molar-refractivity contribution in [2.75, 3.05) is 12.8 Å². The number of nitrogen functional groups attached to an aromatic ring is 1. The maximum Gasteiger partial charge on any atom is 0.416 e. The van der Waals surface area contributed by atoms with Gasteiger partial charge in [0.05, 0.1) is 12.7 Å². The van der Waals surface area contributed by atoms with E-state index in [1.54, 1.807) is 0 Å². The van der Waals surface area contributed by atoms with Crippen molar-refractivity contribution in [3.63, 3.8) is 0 Å². The second-order valence-corrected chi connectivity index (χ2v) is 5.19. The Morgan fingerprint density at radius 1 is 1.00 bits per heavy atom. The van der Waals surface area contributed by atoms with Gasteiger partial charge in [0.15, 0.2) is 5.67 Å². The number of halogens is 4. The highest BCUT2D eigenvalue weighted by Crippen LogP contribution is 2.43. The Labute approximate surface area is 130 Å². The van der Waals surface area contributed by atoms with Crippen LogP contribution in [0.2, 0.25) is 0 Å². The highest BCUT2D eigenvalue weighted by atomic mass is 19.4. The molecule has 0 radical (unpaired) electrons. The normalized spacial score (nSPS) is 14.3. The second kappa shape index (κ2) is 5.64. The summed E-state index contributed by atoms with van der Waals surface area (Å²) in [5.41, 5.74) is 1.90. The number of methoxy groups -OCH3 is 1. The average Bonchev–Trinajstić information content (AvgIpc) is 2.45. The number of benzene rings is 2. The molecule has 1 atom stereocenters. The van der Waals surface area contributed by atoms with Crippen LogP contribution in [0.15, 0.2) is 36.4 Å². The van der Waals surface area contributed by atoms with Gasteiger partial charge < -0.3 is 15.6 Å². The lowest BCUT2D eigenvalue weighted by molar-refractivity contribution is -0.137. The molecular weight excluding hydrogens is 314 g/mol. The predicted molar refractivity (Wildman–Crippen MR) is 78.1 cm³/mol. The fourth-order valence-corrected chi connectivity index (χ4v) is 2.37. The van der Waals surface area contributed by atoms with Gasteiger partial charge in [0.25, 0.3) is 0 Å². The molecule has 3 nitrogen and oxygen atoms in total. The highest BCUT2D eigenvalue weighted by Gasteiger charge is 2.36. The van der Waals surface area contributed by atoms with Crippen LogP contribution in [0, 0.1) is 0 Å². The van der Waals surface area contributed by atoms with Crippen molar-refractivity contribution in [3.8, 4) is 11.5 Å². The lowest BCUT2D eigenvalue weighted by atomic mass is 9.87. The number of hydrogen-bond acceptors (Lipinski definition) is 3. The van der Waals surface area contributed by atoms with Crippen LogP contribution in [-0.4, -0.2) is 12.2 Å². The van der Waals surface area contributed by atoms with Crippen LogP contribution in [0.25, 0.3) is 0 Å². The van der Waals surface area contributed by atoms with Crippen LogP contribution in [0.4, 0.5) is 23.2 Å². The third-order valence-corrected chi connectivity index (χ3v) is 3.57. The van der Waals surface area contributed by atoms with Crippen molar-refractivity contribution in [2.45, 2.75) is 18.8 Å². The number of nitrogens with two attached hydrogens (primary N) is 1. The van der Waals surface area contributed by atoms with E-state index >= 15 is 4.39 Å². The van der Waals surface area contributed by atoms with Crippen molar-refractivity contribution in [1.82, 2.24) is 0 Å². The number of ether oxygens (including phenoxy) is 1. The maximum atomic E-state index is 15.3. The molecule has 0 aliphatic carbocycles. The molecule has 7 heteroatoms. The largest absolute Gasteiger partial charge is 0.508 e. The molecule has 0 aliphatic heterocycles. The molecule has 0 aliphatic rings. The van der Waals surface area contributed by atoms with E-state index in [2.05, 4.69) is 0 Å². The number of alkyl halides is 4. The Balaban J connectivity index is 2.58. The van der Waals surface area contributed by atoms with E-state index in [1.165, 1.54) is 19.2 Å². The van der Waals surface area contributed by atoms with Gasteiger partial charge >= 0.3 is 6.18 Å². The minimum Gasteiger partial charge on any atom is -0.508 e. The Bertz CT molecular complexity index is 727. The third kappa shape index (κ3) is 3.18. The molecular formula is C16H15F4NO2. The van der Waals surface area contributed by atoms with E-state index in [0.29, 0.717) is 6.07 Å². The van der Waals surface area contributed by atoms with E-state index in [1.807, 2.05) is 0 Å². The molecule has 0 aromatic heterocycles. The molecule has 0 saturated heterocycles. The first-order valence-corrected chi connectivity index (χ1v) is 6.61. The summed E-state index contributed by atoms with van der Waals surface area (Å²) >= 11 is 0. The zero-order chi connectivity index (χ0) is 17.4. The predicted octanol–water partition coefficient (Wildman–Crippen LogP) is 4.23. The Hall–Kier alpha value is -2.44. The molecule has 0 unspecified atom stereocenters. The first-order chi connectivity index (χ1) is 10.6. The smallest absolute Gasteiger partial charge is 0.416 e. The van der Waals surface area contributed by atoms with Crippen LogP contribution in [0.3, 0.4) is 0 Å². The monoisotopic (exact) mass is 329 g/mol. The zero-order valence-corrected chi connectivity index (χ0v) is 12.4. The molecule has 2 aromatic carbocycles. The van der Waals surface area contributed by atoms with E-state index in [-0.39, 0.29) is 28.3 Å². The number of anilines is 1. The Morgan fingerprint density at radius 2 is 1.65 bits per heavy atom. The molecule has 2 rings (SSSR count). The van der Waals surface area contributed by atoms with Crippen molar-refractivity contribution in [3.05, 3.63) is 53.1 Å². The minimum absolute atomic E-state index is 0.0357. The molecule has 0 heterocycles. The van der Waals surface area contributed by atoms with E-state index in [0.717, 1.165) is 25.1 Å². The molecule has 0 amide bonds. The summed E-state index contributed by atoms with van der Waals surface area (Å²) < 4.78 is 58.4. The minimum atomic E-state index is -4.57. The first-order valence-electron chi connectivity index (χ1n) is 6.61. The summed E-state index contributed by atoms with van der Waals surface area (Å²) in [7, 11) is 1.32. The zero-order valence-electron chi connectivity index (χ0n) is 12.4. The van der Waals surface area contributed by atoms with Gasteiger partial charge in [-0.3, -0.25) is 0 Å². The maximum absolute atomic E-state index is 15.3. The van der Waals surface area contributed by atoms with E-state index < -0.39 is 17.4 Å².